The normalized spacial score (nSPS) is 34.9. The van der Waals surface area contributed by atoms with Crippen molar-refractivity contribution in [3.8, 4) is 5.75 Å². The van der Waals surface area contributed by atoms with Crippen molar-refractivity contribution >= 4 is 11.7 Å². The average molecular weight is 309 g/mol. The Kier molecular flexibility index (Phi) is 2.85. The van der Waals surface area contributed by atoms with Crippen LogP contribution in [0.15, 0.2) is 25.2 Å². The van der Waals surface area contributed by atoms with Crippen LogP contribution in [0.2, 0.25) is 0 Å². The lowest BCUT2D eigenvalue weighted by molar-refractivity contribution is -0.0745. The first-order chi connectivity index (χ1) is 11.2. The van der Waals surface area contributed by atoms with Crippen LogP contribution in [0, 0.1) is 23.2 Å². The van der Waals surface area contributed by atoms with E-state index in [1.54, 1.807) is 6.33 Å². The van der Waals surface area contributed by atoms with Gasteiger partial charge in [0, 0.05) is 23.2 Å². The van der Waals surface area contributed by atoms with Crippen molar-refractivity contribution < 1.29 is 4.74 Å². The van der Waals surface area contributed by atoms with Crippen LogP contribution in [-0.4, -0.2) is 21.2 Å². The zero-order valence-corrected chi connectivity index (χ0v) is 13.4. The number of fused-ring (bicyclic) bond motifs is 1. The lowest BCUT2D eigenvalue weighted by Crippen LogP contribution is -2.48. The third kappa shape index (κ3) is 2.19. The van der Waals surface area contributed by atoms with Gasteiger partial charge in [0.25, 0.3) is 0 Å². The van der Waals surface area contributed by atoms with E-state index in [-0.39, 0.29) is 0 Å². The van der Waals surface area contributed by atoms with Crippen molar-refractivity contribution in [3.05, 3.63) is 30.7 Å². The van der Waals surface area contributed by atoms with Gasteiger partial charge in [-0.3, -0.25) is 4.40 Å². The molecule has 2 aromatic heterocycles. The molecule has 4 nitrogen and oxygen atoms in total. The largest absolute Gasteiger partial charge is 0.492 e. The van der Waals surface area contributed by atoms with Gasteiger partial charge >= 0.3 is 0 Å². The molecular weight excluding hydrogens is 286 g/mol. The molecule has 23 heavy (non-hydrogen) atoms. The van der Waals surface area contributed by atoms with Crippen LogP contribution < -0.4 is 4.74 Å². The monoisotopic (exact) mass is 309 g/mol. The molecule has 0 aliphatic heterocycles. The molecule has 2 aromatic rings. The van der Waals surface area contributed by atoms with Crippen molar-refractivity contribution in [2.45, 2.75) is 38.5 Å². The summed E-state index contributed by atoms with van der Waals surface area (Å²) in [7, 11) is 0. The van der Waals surface area contributed by atoms with Gasteiger partial charge in [-0.05, 0) is 56.3 Å². The Labute approximate surface area is 136 Å². The van der Waals surface area contributed by atoms with Gasteiger partial charge in [0.1, 0.15) is 12.1 Å². The highest BCUT2D eigenvalue weighted by Gasteiger charge is 2.51. The summed E-state index contributed by atoms with van der Waals surface area (Å²) >= 11 is 0. The Bertz CT molecular complexity index is 728. The van der Waals surface area contributed by atoms with Gasteiger partial charge in [-0.15, -0.1) is 10.2 Å². The number of nitrogens with zero attached hydrogens (tertiary/aromatic N) is 3. The molecule has 0 N–H and O–H groups in total. The first-order valence-electron chi connectivity index (χ1n) is 8.82. The van der Waals surface area contributed by atoms with E-state index in [4.69, 9.17) is 4.74 Å². The molecule has 0 aromatic carbocycles. The van der Waals surface area contributed by atoms with Crippen LogP contribution in [-0.2, 0) is 0 Å². The molecule has 4 heteroatoms. The fourth-order valence-electron chi connectivity index (χ4n) is 5.84. The minimum Gasteiger partial charge on any atom is -0.492 e. The summed E-state index contributed by atoms with van der Waals surface area (Å²) in [6, 6.07) is 1.99. The minimum atomic E-state index is 0.424. The first-order valence-corrected chi connectivity index (χ1v) is 8.82. The molecule has 4 fully saturated rings. The van der Waals surface area contributed by atoms with Crippen LogP contribution in [0.4, 0.5) is 0 Å². The molecule has 4 bridgehead atoms. The van der Waals surface area contributed by atoms with E-state index in [0.717, 1.165) is 41.3 Å². The maximum absolute atomic E-state index is 6.34. The van der Waals surface area contributed by atoms with Crippen LogP contribution in [0.3, 0.4) is 0 Å². The lowest BCUT2D eigenvalue weighted by atomic mass is 9.50. The molecule has 0 radical (unpaired) electrons. The average Bonchev–Trinajstić information content (AvgIpc) is 2.98. The molecule has 4 aliphatic rings. The predicted octanol–water partition coefficient (Wildman–Crippen LogP) is 3.97. The van der Waals surface area contributed by atoms with Gasteiger partial charge in [-0.25, -0.2) is 0 Å². The number of aromatic nitrogens is 3. The van der Waals surface area contributed by atoms with Gasteiger partial charge < -0.3 is 4.74 Å². The maximum atomic E-state index is 6.34. The highest BCUT2D eigenvalue weighted by atomic mass is 16.5. The second-order valence-electron chi connectivity index (χ2n) is 8.10. The van der Waals surface area contributed by atoms with E-state index in [9.17, 15) is 0 Å². The molecule has 120 valence electrons. The fraction of sp³-hybridized carbons (Fsp3) is 0.579. The van der Waals surface area contributed by atoms with E-state index in [1.165, 1.54) is 38.5 Å². The highest BCUT2D eigenvalue weighted by molar-refractivity contribution is 5.59. The molecule has 0 saturated heterocycles. The molecule has 0 amide bonds. The Hall–Kier alpha value is -1.84. The highest BCUT2D eigenvalue weighted by Crippen LogP contribution is 2.60. The Morgan fingerprint density at radius 3 is 2.57 bits per heavy atom. The topological polar surface area (TPSA) is 39.4 Å². The Balaban J connectivity index is 1.41. The quantitative estimate of drug-likeness (QED) is 0.858. The molecule has 2 heterocycles. The molecule has 6 rings (SSSR count). The summed E-state index contributed by atoms with van der Waals surface area (Å²) in [5.41, 5.74) is 2.27. The van der Waals surface area contributed by atoms with Gasteiger partial charge in [0.15, 0.2) is 5.65 Å². The summed E-state index contributed by atoms with van der Waals surface area (Å²) < 4.78 is 8.25. The molecule has 4 saturated carbocycles. The van der Waals surface area contributed by atoms with E-state index >= 15 is 0 Å². The number of pyridine rings is 1. The van der Waals surface area contributed by atoms with Crippen molar-refractivity contribution in [1.29, 1.82) is 0 Å². The van der Waals surface area contributed by atoms with E-state index < -0.39 is 0 Å². The minimum absolute atomic E-state index is 0.424. The zero-order valence-electron chi connectivity index (χ0n) is 13.4. The molecule has 4 aliphatic carbocycles. The number of rotatable bonds is 4. The third-order valence-corrected chi connectivity index (χ3v) is 6.34. The van der Waals surface area contributed by atoms with Crippen molar-refractivity contribution in [2.75, 3.05) is 6.61 Å². The standard InChI is InChI=1S/C19H23N3O/c1-2-16-10-22-12-20-21-18(22)6-17(16)23-11-19-7-13-3-14(8-19)5-15(4-13)9-19/h2,6,10,12-15H,1,3-5,7-9,11H2. The van der Waals surface area contributed by atoms with Crippen molar-refractivity contribution in [2.24, 2.45) is 23.2 Å². The van der Waals surface area contributed by atoms with Crippen LogP contribution in [0.1, 0.15) is 44.1 Å². The van der Waals surface area contributed by atoms with Crippen LogP contribution >= 0.6 is 0 Å². The van der Waals surface area contributed by atoms with E-state index in [0.29, 0.717) is 5.41 Å². The lowest BCUT2D eigenvalue weighted by Gasteiger charge is -2.56. The van der Waals surface area contributed by atoms with Gasteiger partial charge in [-0.2, -0.15) is 0 Å². The van der Waals surface area contributed by atoms with E-state index in [1.807, 2.05) is 22.7 Å². The number of hydrogen-bond donors (Lipinski definition) is 0. The molecule has 0 unspecified atom stereocenters. The predicted molar refractivity (Wildman–Crippen MR) is 89.2 cm³/mol. The second-order valence-corrected chi connectivity index (χ2v) is 8.10. The van der Waals surface area contributed by atoms with E-state index in [2.05, 4.69) is 16.8 Å². The molecular formula is C19H23N3O. The maximum Gasteiger partial charge on any atom is 0.164 e. The number of hydrogen-bond acceptors (Lipinski definition) is 3. The summed E-state index contributed by atoms with van der Waals surface area (Å²) in [4.78, 5) is 0. The Morgan fingerprint density at radius 2 is 1.91 bits per heavy atom. The zero-order chi connectivity index (χ0) is 15.4. The number of ether oxygens (including phenoxy) is 1. The third-order valence-electron chi connectivity index (χ3n) is 6.34. The van der Waals surface area contributed by atoms with Gasteiger partial charge in [0.2, 0.25) is 0 Å². The van der Waals surface area contributed by atoms with Crippen LogP contribution in [0.25, 0.3) is 11.7 Å². The summed E-state index contributed by atoms with van der Waals surface area (Å²) in [5, 5.41) is 8.08. The van der Waals surface area contributed by atoms with Crippen molar-refractivity contribution in [1.82, 2.24) is 14.6 Å². The fourth-order valence-corrected chi connectivity index (χ4v) is 5.84. The molecule has 0 atom stereocenters. The van der Waals surface area contributed by atoms with Crippen LogP contribution in [0.5, 0.6) is 5.75 Å². The molecule has 0 spiro atoms. The second kappa shape index (κ2) is 4.83. The Morgan fingerprint density at radius 1 is 1.22 bits per heavy atom. The smallest absolute Gasteiger partial charge is 0.164 e. The van der Waals surface area contributed by atoms with Gasteiger partial charge in [0.05, 0.1) is 6.61 Å². The summed E-state index contributed by atoms with van der Waals surface area (Å²) in [5.74, 6) is 3.78. The van der Waals surface area contributed by atoms with Crippen molar-refractivity contribution in [3.63, 3.8) is 0 Å². The SMILES string of the molecule is C=Cc1cn2cnnc2cc1OCC12CC3CC(CC(C3)C1)C2. The summed E-state index contributed by atoms with van der Waals surface area (Å²) in [6.45, 7) is 4.77. The summed E-state index contributed by atoms with van der Waals surface area (Å²) in [6.07, 6.45) is 14.1. The first kappa shape index (κ1) is 13.6. The van der Waals surface area contributed by atoms with Gasteiger partial charge in [-0.1, -0.05) is 12.7 Å².